The third-order valence-electron chi connectivity index (χ3n) is 4.43. The van der Waals surface area contributed by atoms with Gasteiger partial charge in [0.25, 0.3) is 0 Å². The van der Waals surface area contributed by atoms with E-state index in [9.17, 15) is 0 Å². The van der Waals surface area contributed by atoms with Gasteiger partial charge in [0, 0.05) is 6.04 Å². The summed E-state index contributed by atoms with van der Waals surface area (Å²) >= 11 is 1.78. The Kier molecular flexibility index (Phi) is 3.81. The van der Waals surface area contributed by atoms with Crippen LogP contribution in [0.3, 0.4) is 0 Å². The van der Waals surface area contributed by atoms with Gasteiger partial charge in [0.05, 0.1) is 10.2 Å². The van der Waals surface area contributed by atoms with E-state index in [0.29, 0.717) is 6.04 Å². The predicted molar refractivity (Wildman–Crippen MR) is 95.6 cm³/mol. The summed E-state index contributed by atoms with van der Waals surface area (Å²) in [6.45, 7) is 0. The average molecular weight is 308 g/mol. The summed E-state index contributed by atoms with van der Waals surface area (Å²) in [6.07, 6.45) is 6.65. The lowest BCUT2D eigenvalue weighted by molar-refractivity contribution is 0.462. The summed E-state index contributed by atoms with van der Waals surface area (Å²) in [4.78, 5) is 4.75. The fourth-order valence-electron chi connectivity index (χ4n) is 3.22. The van der Waals surface area contributed by atoms with E-state index in [4.69, 9.17) is 4.98 Å². The van der Waals surface area contributed by atoms with Crippen molar-refractivity contribution in [1.82, 2.24) is 4.98 Å². The monoisotopic (exact) mass is 308 g/mol. The first kappa shape index (κ1) is 13.8. The van der Waals surface area contributed by atoms with E-state index in [2.05, 4.69) is 53.8 Å². The number of benzene rings is 2. The molecule has 1 aliphatic rings. The zero-order valence-electron chi connectivity index (χ0n) is 12.6. The Hall–Kier alpha value is -1.87. The molecule has 0 spiro atoms. The summed E-state index contributed by atoms with van der Waals surface area (Å²) in [5.41, 5.74) is 3.63. The average Bonchev–Trinajstić information content (AvgIpc) is 2.98. The number of thiazole rings is 1. The van der Waals surface area contributed by atoms with Gasteiger partial charge in [-0.2, -0.15) is 0 Å². The van der Waals surface area contributed by atoms with Gasteiger partial charge in [0.1, 0.15) is 0 Å². The standard InChI is InChI=1S/C19H20N2S/c1-3-7-14(8-4-1)15-11-12-17-18(13-15)22-19(21-17)20-16-9-5-2-6-10-16/h1,3-4,7-8,11-13,16H,2,5-6,9-10H2,(H,20,21). The number of fused-ring (bicyclic) bond motifs is 1. The maximum atomic E-state index is 4.75. The molecule has 1 fully saturated rings. The Morgan fingerprint density at radius 3 is 2.55 bits per heavy atom. The molecule has 3 aromatic rings. The first-order chi connectivity index (χ1) is 10.9. The molecule has 0 bridgehead atoms. The minimum Gasteiger partial charge on any atom is -0.359 e. The molecule has 0 saturated heterocycles. The van der Waals surface area contributed by atoms with Crippen molar-refractivity contribution >= 4 is 26.7 Å². The van der Waals surface area contributed by atoms with Crippen LogP contribution in [0.5, 0.6) is 0 Å². The number of aromatic nitrogens is 1. The molecule has 0 amide bonds. The van der Waals surface area contributed by atoms with Crippen LogP contribution in [-0.4, -0.2) is 11.0 Å². The first-order valence-corrected chi connectivity index (χ1v) is 8.93. The minimum absolute atomic E-state index is 0.614. The van der Waals surface area contributed by atoms with Crippen LogP contribution in [0.4, 0.5) is 5.13 Å². The summed E-state index contributed by atoms with van der Waals surface area (Å²) in [6, 6.07) is 17.7. The van der Waals surface area contributed by atoms with Gasteiger partial charge in [-0.3, -0.25) is 0 Å². The first-order valence-electron chi connectivity index (χ1n) is 8.11. The van der Waals surface area contributed by atoms with E-state index in [1.807, 2.05) is 0 Å². The molecule has 112 valence electrons. The Bertz CT molecular complexity index is 757. The highest BCUT2D eigenvalue weighted by Crippen LogP contribution is 2.32. The molecule has 4 rings (SSSR count). The Morgan fingerprint density at radius 1 is 0.909 bits per heavy atom. The van der Waals surface area contributed by atoms with Crippen LogP contribution >= 0.6 is 11.3 Å². The van der Waals surface area contributed by atoms with E-state index < -0.39 is 0 Å². The van der Waals surface area contributed by atoms with Crippen molar-refractivity contribution in [3.8, 4) is 11.1 Å². The van der Waals surface area contributed by atoms with Crippen molar-refractivity contribution in [1.29, 1.82) is 0 Å². The molecule has 1 aliphatic carbocycles. The molecule has 1 aromatic heterocycles. The minimum atomic E-state index is 0.614. The second kappa shape index (κ2) is 6.09. The maximum Gasteiger partial charge on any atom is 0.184 e. The van der Waals surface area contributed by atoms with Gasteiger partial charge in [0.2, 0.25) is 0 Å². The van der Waals surface area contributed by atoms with Gasteiger partial charge < -0.3 is 5.32 Å². The molecule has 0 atom stereocenters. The van der Waals surface area contributed by atoms with Crippen molar-refractivity contribution in [2.75, 3.05) is 5.32 Å². The van der Waals surface area contributed by atoms with Crippen LogP contribution in [-0.2, 0) is 0 Å². The van der Waals surface area contributed by atoms with E-state index in [-0.39, 0.29) is 0 Å². The quantitative estimate of drug-likeness (QED) is 0.670. The Morgan fingerprint density at radius 2 is 1.73 bits per heavy atom. The summed E-state index contributed by atoms with van der Waals surface area (Å²) < 4.78 is 1.26. The van der Waals surface area contributed by atoms with Crippen molar-refractivity contribution in [3.05, 3.63) is 48.5 Å². The molecule has 1 heterocycles. The SMILES string of the molecule is c1ccc(-c2ccc3nc(NC4CCCCC4)sc3c2)cc1. The van der Waals surface area contributed by atoms with Gasteiger partial charge >= 0.3 is 0 Å². The highest BCUT2D eigenvalue weighted by atomic mass is 32.1. The molecule has 3 heteroatoms. The summed E-state index contributed by atoms with van der Waals surface area (Å²) in [5.74, 6) is 0. The van der Waals surface area contributed by atoms with E-state index in [1.165, 1.54) is 47.9 Å². The fourth-order valence-corrected chi connectivity index (χ4v) is 4.20. The van der Waals surface area contributed by atoms with E-state index in [0.717, 1.165) is 10.6 Å². The number of anilines is 1. The molecule has 0 aliphatic heterocycles. The number of nitrogens with zero attached hydrogens (tertiary/aromatic N) is 1. The van der Waals surface area contributed by atoms with Gasteiger partial charge in [-0.15, -0.1) is 0 Å². The van der Waals surface area contributed by atoms with Crippen molar-refractivity contribution in [3.63, 3.8) is 0 Å². The number of hydrogen-bond donors (Lipinski definition) is 1. The van der Waals surface area contributed by atoms with Crippen LogP contribution in [0.2, 0.25) is 0 Å². The van der Waals surface area contributed by atoms with Gasteiger partial charge in [-0.05, 0) is 36.1 Å². The molecule has 1 saturated carbocycles. The largest absolute Gasteiger partial charge is 0.359 e. The van der Waals surface area contributed by atoms with Crippen LogP contribution in [0, 0.1) is 0 Å². The van der Waals surface area contributed by atoms with Gasteiger partial charge in [-0.1, -0.05) is 67.0 Å². The summed E-state index contributed by atoms with van der Waals surface area (Å²) in [5, 5.41) is 4.71. The molecule has 2 aromatic carbocycles. The highest BCUT2D eigenvalue weighted by Gasteiger charge is 2.15. The number of hydrogen-bond acceptors (Lipinski definition) is 3. The smallest absolute Gasteiger partial charge is 0.184 e. The summed E-state index contributed by atoms with van der Waals surface area (Å²) in [7, 11) is 0. The molecule has 1 N–H and O–H groups in total. The lowest BCUT2D eigenvalue weighted by Crippen LogP contribution is -2.21. The topological polar surface area (TPSA) is 24.9 Å². The third kappa shape index (κ3) is 2.86. The molecular formula is C19H20N2S. The maximum absolute atomic E-state index is 4.75. The Balaban J connectivity index is 1.60. The lowest BCUT2D eigenvalue weighted by atomic mass is 9.96. The lowest BCUT2D eigenvalue weighted by Gasteiger charge is -2.22. The van der Waals surface area contributed by atoms with Crippen molar-refractivity contribution < 1.29 is 0 Å². The van der Waals surface area contributed by atoms with E-state index >= 15 is 0 Å². The van der Waals surface area contributed by atoms with Crippen LogP contribution < -0.4 is 5.32 Å². The van der Waals surface area contributed by atoms with Crippen LogP contribution in [0.15, 0.2) is 48.5 Å². The van der Waals surface area contributed by atoms with Gasteiger partial charge in [-0.25, -0.2) is 4.98 Å². The molecule has 0 radical (unpaired) electrons. The molecular weight excluding hydrogens is 288 g/mol. The molecule has 22 heavy (non-hydrogen) atoms. The number of rotatable bonds is 3. The normalized spacial score (nSPS) is 16.0. The predicted octanol–water partition coefficient (Wildman–Crippen LogP) is 5.71. The number of nitrogens with one attached hydrogen (secondary N) is 1. The third-order valence-corrected chi connectivity index (χ3v) is 5.38. The van der Waals surface area contributed by atoms with Crippen molar-refractivity contribution in [2.24, 2.45) is 0 Å². The van der Waals surface area contributed by atoms with Crippen molar-refractivity contribution in [2.45, 2.75) is 38.1 Å². The molecule has 0 unspecified atom stereocenters. The second-order valence-corrected chi connectivity index (χ2v) is 7.08. The molecule has 2 nitrogen and oxygen atoms in total. The van der Waals surface area contributed by atoms with E-state index in [1.54, 1.807) is 11.3 Å². The zero-order valence-corrected chi connectivity index (χ0v) is 13.4. The highest BCUT2D eigenvalue weighted by molar-refractivity contribution is 7.22. The van der Waals surface area contributed by atoms with Crippen LogP contribution in [0.25, 0.3) is 21.3 Å². The van der Waals surface area contributed by atoms with Gasteiger partial charge in [0.15, 0.2) is 5.13 Å². The fraction of sp³-hybridized carbons (Fsp3) is 0.316. The second-order valence-electron chi connectivity index (χ2n) is 6.05. The zero-order chi connectivity index (χ0) is 14.8. The Labute approximate surface area is 135 Å². The van der Waals surface area contributed by atoms with Crippen LogP contribution in [0.1, 0.15) is 32.1 Å².